The molecule has 122 valence electrons. The maximum atomic E-state index is 13.7. The van der Waals surface area contributed by atoms with E-state index in [2.05, 4.69) is 10.4 Å². The first-order chi connectivity index (χ1) is 11.2. The van der Waals surface area contributed by atoms with Crippen LogP contribution in [0, 0.1) is 11.7 Å². The molecule has 2 aromatic rings. The SMILES string of the molecule is O=C(NCCCC1CCCC1)c1cnn(-c2ccccc2F)c1. The highest BCUT2D eigenvalue weighted by molar-refractivity contribution is 5.93. The molecule has 0 saturated heterocycles. The molecular formula is C18H22FN3O. The Kier molecular flexibility index (Phi) is 5.05. The summed E-state index contributed by atoms with van der Waals surface area (Å²) >= 11 is 0. The molecule has 1 aromatic heterocycles. The number of hydrogen-bond acceptors (Lipinski definition) is 2. The zero-order chi connectivity index (χ0) is 16.1. The monoisotopic (exact) mass is 315 g/mol. The molecule has 1 saturated carbocycles. The largest absolute Gasteiger partial charge is 0.352 e. The van der Waals surface area contributed by atoms with Gasteiger partial charge in [0.1, 0.15) is 11.5 Å². The van der Waals surface area contributed by atoms with Gasteiger partial charge in [-0.1, -0.05) is 37.8 Å². The van der Waals surface area contributed by atoms with Gasteiger partial charge in [0, 0.05) is 12.7 Å². The fourth-order valence-electron chi connectivity index (χ4n) is 3.20. The number of aromatic nitrogens is 2. The fraction of sp³-hybridized carbons (Fsp3) is 0.444. The molecule has 1 N–H and O–H groups in total. The average Bonchev–Trinajstić information content (AvgIpc) is 3.23. The van der Waals surface area contributed by atoms with Gasteiger partial charge < -0.3 is 5.32 Å². The fourth-order valence-corrected chi connectivity index (χ4v) is 3.20. The van der Waals surface area contributed by atoms with Crippen LogP contribution in [-0.4, -0.2) is 22.2 Å². The van der Waals surface area contributed by atoms with E-state index >= 15 is 0 Å². The Morgan fingerprint density at radius 1 is 1.30 bits per heavy atom. The standard InChI is InChI=1S/C18H22FN3O/c19-16-9-3-4-10-17(16)22-13-15(12-21-22)18(23)20-11-5-8-14-6-1-2-7-14/h3-4,9-10,12-14H,1-2,5-8,11H2,(H,20,23). The molecule has 0 unspecified atom stereocenters. The molecule has 23 heavy (non-hydrogen) atoms. The molecule has 1 amide bonds. The number of nitrogens with one attached hydrogen (secondary N) is 1. The third kappa shape index (κ3) is 3.97. The van der Waals surface area contributed by atoms with E-state index in [4.69, 9.17) is 0 Å². The van der Waals surface area contributed by atoms with Crippen molar-refractivity contribution < 1.29 is 9.18 Å². The third-order valence-electron chi connectivity index (χ3n) is 4.49. The summed E-state index contributed by atoms with van der Waals surface area (Å²) in [4.78, 5) is 12.1. The van der Waals surface area contributed by atoms with E-state index in [1.54, 1.807) is 24.4 Å². The number of nitrogens with zero attached hydrogens (tertiary/aromatic N) is 2. The van der Waals surface area contributed by atoms with Crippen LogP contribution in [0.25, 0.3) is 5.69 Å². The maximum Gasteiger partial charge on any atom is 0.254 e. The lowest BCUT2D eigenvalue weighted by molar-refractivity contribution is 0.0952. The molecular weight excluding hydrogens is 293 g/mol. The maximum absolute atomic E-state index is 13.7. The lowest BCUT2D eigenvalue weighted by Gasteiger charge is -2.08. The second-order valence-electron chi connectivity index (χ2n) is 6.17. The van der Waals surface area contributed by atoms with Crippen LogP contribution in [0.3, 0.4) is 0 Å². The van der Waals surface area contributed by atoms with Crippen LogP contribution < -0.4 is 5.32 Å². The summed E-state index contributed by atoms with van der Waals surface area (Å²) in [6, 6.07) is 6.37. The molecule has 0 bridgehead atoms. The zero-order valence-electron chi connectivity index (χ0n) is 13.2. The Bertz CT molecular complexity index is 662. The van der Waals surface area contributed by atoms with Gasteiger partial charge in [-0.25, -0.2) is 9.07 Å². The molecule has 1 heterocycles. The van der Waals surface area contributed by atoms with Crippen molar-refractivity contribution in [1.29, 1.82) is 0 Å². The van der Waals surface area contributed by atoms with Crippen molar-refractivity contribution in [1.82, 2.24) is 15.1 Å². The van der Waals surface area contributed by atoms with Crippen molar-refractivity contribution in [3.8, 4) is 5.69 Å². The second kappa shape index (κ2) is 7.40. The van der Waals surface area contributed by atoms with Crippen molar-refractivity contribution in [2.24, 2.45) is 5.92 Å². The summed E-state index contributed by atoms with van der Waals surface area (Å²) in [6.07, 6.45) is 10.6. The normalized spacial score (nSPS) is 15.0. The average molecular weight is 315 g/mol. The molecule has 1 aliphatic carbocycles. The summed E-state index contributed by atoms with van der Waals surface area (Å²) in [6.45, 7) is 0.681. The lowest BCUT2D eigenvalue weighted by Crippen LogP contribution is -2.24. The summed E-state index contributed by atoms with van der Waals surface area (Å²) in [7, 11) is 0. The van der Waals surface area contributed by atoms with E-state index in [1.165, 1.54) is 49.0 Å². The minimum atomic E-state index is -0.362. The number of rotatable bonds is 6. The molecule has 1 fully saturated rings. The smallest absolute Gasteiger partial charge is 0.254 e. The van der Waals surface area contributed by atoms with Crippen molar-refractivity contribution in [3.05, 3.63) is 48.0 Å². The first-order valence-corrected chi connectivity index (χ1v) is 8.32. The molecule has 4 nitrogen and oxygen atoms in total. The summed E-state index contributed by atoms with van der Waals surface area (Å²) < 4.78 is 15.1. The highest BCUT2D eigenvalue weighted by Gasteiger charge is 2.15. The number of hydrogen-bond donors (Lipinski definition) is 1. The van der Waals surface area contributed by atoms with Crippen molar-refractivity contribution >= 4 is 5.91 Å². The van der Waals surface area contributed by atoms with Gasteiger partial charge in [0.25, 0.3) is 5.91 Å². The second-order valence-corrected chi connectivity index (χ2v) is 6.17. The van der Waals surface area contributed by atoms with Gasteiger partial charge >= 0.3 is 0 Å². The zero-order valence-corrected chi connectivity index (χ0v) is 13.2. The Hall–Kier alpha value is -2.17. The van der Waals surface area contributed by atoms with Gasteiger partial charge in [-0.15, -0.1) is 0 Å². The quantitative estimate of drug-likeness (QED) is 0.826. The van der Waals surface area contributed by atoms with Crippen LogP contribution in [0.4, 0.5) is 4.39 Å². The number of carbonyl (C=O) groups excluding carboxylic acids is 1. The number of para-hydroxylation sites is 1. The van der Waals surface area contributed by atoms with E-state index in [1.807, 2.05) is 0 Å². The van der Waals surface area contributed by atoms with Crippen LogP contribution in [0.1, 0.15) is 48.9 Å². The van der Waals surface area contributed by atoms with Crippen LogP contribution in [0.15, 0.2) is 36.7 Å². The van der Waals surface area contributed by atoms with Crippen LogP contribution in [0.5, 0.6) is 0 Å². The number of amides is 1. The van der Waals surface area contributed by atoms with Crippen molar-refractivity contribution in [3.63, 3.8) is 0 Å². The molecule has 3 rings (SSSR count). The van der Waals surface area contributed by atoms with Gasteiger partial charge in [0.05, 0.1) is 11.8 Å². The minimum Gasteiger partial charge on any atom is -0.352 e. The molecule has 1 aliphatic rings. The van der Waals surface area contributed by atoms with Gasteiger partial charge in [-0.3, -0.25) is 4.79 Å². The Balaban J connectivity index is 1.51. The predicted molar refractivity (Wildman–Crippen MR) is 87.0 cm³/mol. The Morgan fingerprint density at radius 3 is 2.87 bits per heavy atom. The van der Waals surface area contributed by atoms with Gasteiger partial charge in [-0.05, 0) is 30.9 Å². The first kappa shape index (κ1) is 15.7. The van der Waals surface area contributed by atoms with E-state index < -0.39 is 0 Å². The predicted octanol–water partition coefficient (Wildman–Crippen LogP) is 3.71. The third-order valence-corrected chi connectivity index (χ3v) is 4.49. The number of carbonyl (C=O) groups is 1. The Labute approximate surface area is 135 Å². The Morgan fingerprint density at radius 2 is 2.09 bits per heavy atom. The van der Waals surface area contributed by atoms with Crippen LogP contribution >= 0.6 is 0 Å². The summed E-state index contributed by atoms with van der Waals surface area (Å²) in [5.74, 6) is 0.328. The highest BCUT2D eigenvalue weighted by Crippen LogP contribution is 2.28. The molecule has 0 aliphatic heterocycles. The highest BCUT2D eigenvalue weighted by atomic mass is 19.1. The minimum absolute atomic E-state index is 0.154. The summed E-state index contributed by atoms with van der Waals surface area (Å²) in [5.41, 5.74) is 0.793. The molecule has 1 aromatic carbocycles. The van der Waals surface area contributed by atoms with Crippen LogP contribution in [-0.2, 0) is 0 Å². The van der Waals surface area contributed by atoms with Crippen LogP contribution in [0.2, 0.25) is 0 Å². The summed E-state index contributed by atoms with van der Waals surface area (Å²) in [5, 5.41) is 6.99. The van der Waals surface area contributed by atoms with Crippen molar-refractivity contribution in [2.75, 3.05) is 6.54 Å². The van der Waals surface area contributed by atoms with Gasteiger partial charge in [0.15, 0.2) is 0 Å². The first-order valence-electron chi connectivity index (χ1n) is 8.32. The molecule has 5 heteroatoms. The number of benzene rings is 1. The van der Waals surface area contributed by atoms with Gasteiger partial charge in [0.2, 0.25) is 0 Å². The number of halogens is 1. The lowest BCUT2D eigenvalue weighted by atomic mass is 10.0. The van der Waals surface area contributed by atoms with Crippen molar-refractivity contribution in [2.45, 2.75) is 38.5 Å². The molecule has 0 atom stereocenters. The van der Waals surface area contributed by atoms with Gasteiger partial charge in [-0.2, -0.15) is 5.10 Å². The molecule has 0 radical (unpaired) electrons. The van der Waals surface area contributed by atoms with E-state index in [0.29, 0.717) is 17.8 Å². The van der Waals surface area contributed by atoms with E-state index in [-0.39, 0.29) is 11.7 Å². The molecule has 0 spiro atoms. The van der Waals surface area contributed by atoms with E-state index in [0.717, 1.165) is 12.3 Å². The topological polar surface area (TPSA) is 46.9 Å². The van der Waals surface area contributed by atoms with E-state index in [9.17, 15) is 9.18 Å².